The van der Waals surface area contributed by atoms with E-state index in [4.69, 9.17) is 0 Å². The van der Waals surface area contributed by atoms with Gasteiger partial charge in [0.05, 0.1) is 16.7 Å². The molecule has 0 fully saturated rings. The van der Waals surface area contributed by atoms with Crippen LogP contribution >= 0.6 is 0 Å². The highest BCUT2D eigenvalue weighted by atomic mass is 19.1. The lowest BCUT2D eigenvalue weighted by atomic mass is 10.2. The maximum Gasteiger partial charge on any atom is 0.272 e. The summed E-state index contributed by atoms with van der Waals surface area (Å²) in [6, 6.07) is 3.25. The average molecular weight is 235 g/mol. The van der Waals surface area contributed by atoms with Crippen LogP contribution in [0.25, 0.3) is 5.69 Å². The summed E-state index contributed by atoms with van der Waals surface area (Å²) >= 11 is 0. The molecule has 0 unspecified atom stereocenters. The van der Waals surface area contributed by atoms with Gasteiger partial charge in [-0.1, -0.05) is 0 Å². The van der Waals surface area contributed by atoms with Crippen molar-refractivity contribution in [1.29, 1.82) is 0 Å². The predicted octanol–water partition coefficient (Wildman–Crippen LogP) is 1.73. The van der Waals surface area contributed by atoms with Crippen LogP contribution in [-0.4, -0.2) is 20.8 Å². The van der Waals surface area contributed by atoms with Gasteiger partial charge in [-0.2, -0.15) is 0 Å². The van der Waals surface area contributed by atoms with Crippen LogP contribution in [0.2, 0.25) is 0 Å². The molecule has 0 bridgehead atoms. The van der Waals surface area contributed by atoms with Crippen molar-refractivity contribution in [2.75, 3.05) is 0 Å². The minimum Gasteiger partial charge on any atom is -0.303 e. The fourth-order valence-corrected chi connectivity index (χ4v) is 1.35. The number of imidazole rings is 1. The number of nitro benzene ring substituents is 1. The fraction of sp³-hybridized carbons (Fsp3) is 0. The van der Waals surface area contributed by atoms with E-state index in [1.54, 1.807) is 0 Å². The van der Waals surface area contributed by atoms with Crippen LogP contribution in [0.15, 0.2) is 30.7 Å². The molecular formula is C10H6FN3O3. The molecule has 0 amide bonds. The first-order valence-electron chi connectivity index (χ1n) is 4.55. The number of benzene rings is 1. The zero-order valence-corrected chi connectivity index (χ0v) is 8.41. The Hall–Kier alpha value is -2.57. The lowest BCUT2D eigenvalue weighted by Crippen LogP contribution is -1.96. The van der Waals surface area contributed by atoms with Crippen molar-refractivity contribution in [3.05, 3.63) is 52.3 Å². The molecule has 1 heterocycles. The van der Waals surface area contributed by atoms with Crippen LogP contribution in [0.4, 0.5) is 10.1 Å². The van der Waals surface area contributed by atoms with Gasteiger partial charge in [0, 0.05) is 12.3 Å². The fourth-order valence-electron chi connectivity index (χ4n) is 1.35. The molecule has 0 N–H and O–H groups in total. The number of aromatic nitrogens is 2. The molecule has 7 heteroatoms. The van der Waals surface area contributed by atoms with E-state index >= 15 is 0 Å². The zero-order chi connectivity index (χ0) is 12.4. The number of carbonyl (C=O) groups is 1. The van der Waals surface area contributed by atoms with Gasteiger partial charge in [0.25, 0.3) is 5.69 Å². The van der Waals surface area contributed by atoms with Crippen molar-refractivity contribution in [2.24, 2.45) is 0 Å². The highest BCUT2D eigenvalue weighted by molar-refractivity contribution is 5.71. The van der Waals surface area contributed by atoms with Crippen LogP contribution in [0.1, 0.15) is 10.5 Å². The summed E-state index contributed by atoms with van der Waals surface area (Å²) in [7, 11) is 0. The van der Waals surface area contributed by atoms with E-state index in [-0.39, 0.29) is 17.1 Å². The van der Waals surface area contributed by atoms with Gasteiger partial charge in [-0.05, 0) is 6.07 Å². The van der Waals surface area contributed by atoms with Crippen molar-refractivity contribution >= 4 is 12.0 Å². The Morgan fingerprint density at radius 3 is 2.76 bits per heavy atom. The number of halogens is 1. The van der Waals surface area contributed by atoms with Gasteiger partial charge in [0.1, 0.15) is 12.0 Å². The molecule has 0 saturated heterocycles. The lowest BCUT2D eigenvalue weighted by molar-refractivity contribution is -0.385. The summed E-state index contributed by atoms with van der Waals surface area (Å²) in [6.07, 6.45) is 3.12. The van der Waals surface area contributed by atoms with Crippen molar-refractivity contribution in [2.45, 2.75) is 0 Å². The van der Waals surface area contributed by atoms with Crippen LogP contribution in [-0.2, 0) is 0 Å². The van der Waals surface area contributed by atoms with Crippen LogP contribution in [0.5, 0.6) is 0 Å². The topological polar surface area (TPSA) is 78.0 Å². The molecule has 17 heavy (non-hydrogen) atoms. The highest BCUT2D eigenvalue weighted by Gasteiger charge is 2.12. The molecule has 0 atom stereocenters. The first-order chi connectivity index (χ1) is 8.11. The van der Waals surface area contributed by atoms with E-state index in [0.717, 1.165) is 6.07 Å². The van der Waals surface area contributed by atoms with E-state index in [9.17, 15) is 19.3 Å². The van der Waals surface area contributed by atoms with Crippen LogP contribution in [0, 0.1) is 15.9 Å². The zero-order valence-electron chi connectivity index (χ0n) is 8.41. The molecule has 86 valence electrons. The second kappa shape index (κ2) is 4.12. The van der Waals surface area contributed by atoms with Gasteiger partial charge >= 0.3 is 0 Å². The van der Waals surface area contributed by atoms with Crippen molar-refractivity contribution in [1.82, 2.24) is 9.55 Å². The minimum absolute atomic E-state index is 0.0937. The Kier molecular flexibility index (Phi) is 2.65. The summed E-state index contributed by atoms with van der Waals surface area (Å²) in [5.41, 5.74) is -0.0825. The smallest absolute Gasteiger partial charge is 0.272 e. The summed E-state index contributed by atoms with van der Waals surface area (Å²) in [5, 5.41) is 10.4. The number of nitro groups is 1. The maximum atomic E-state index is 13.6. The van der Waals surface area contributed by atoms with E-state index < -0.39 is 10.7 Å². The average Bonchev–Trinajstić information content (AvgIpc) is 2.77. The van der Waals surface area contributed by atoms with Crippen molar-refractivity contribution in [3.8, 4) is 5.69 Å². The van der Waals surface area contributed by atoms with Gasteiger partial charge in [0.15, 0.2) is 12.1 Å². The first kappa shape index (κ1) is 10.9. The molecule has 0 spiro atoms. The summed E-state index contributed by atoms with van der Waals surface area (Å²) < 4.78 is 14.8. The number of carbonyl (C=O) groups excluding carboxylic acids is 1. The Labute approximate surface area is 94.5 Å². The second-order valence-corrected chi connectivity index (χ2v) is 3.22. The normalized spacial score (nSPS) is 10.2. The lowest BCUT2D eigenvalue weighted by Gasteiger charge is -2.02. The third kappa shape index (κ3) is 2.03. The molecule has 6 nitrogen and oxygen atoms in total. The third-order valence-corrected chi connectivity index (χ3v) is 2.14. The minimum atomic E-state index is -0.756. The number of aldehydes is 1. The molecule has 2 rings (SSSR count). The van der Waals surface area contributed by atoms with E-state index in [1.807, 2.05) is 0 Å². The molecule has 0 aliphatic heterocycles. The van der Waals surface area contributed by atoms with Gasteiger partial charge in [-0.25, -0.2) is 9.37 Å². The van der Waals surface area contributed by atoms with E-state index in [2.05, 4.69) is 4.98 Å². The number of hydrogen-bond donors (Lipinski definition) is 0. The molecule has 0 saturated carbocycles. The predicted molar refractivity (Wildman–Crippen MR) is 55.6 cm³/mol. The summed E-state index contributed by atoms with van der Waals surface area (Å²) in [5.74, 6) is -0.756. The number of nitrogens with zero attached hydrogens (tertiary/aromatic N) is 3. The Balaban J connectivity index is 2.46. The number of hydrogen-bond acceptors (Lipinski definition) is 4. The first-order valence-corrected chi connectivity index (χ1v) is 4.55. The molecular weight excluding hydrogens is 229 g/mol. The van der Waals surface area contributed by atoms with Gasteiger partial charge in [-0.15, -0.1) is 0 Å². The van der Waals surface area contributed by atoms with Gasteiger partial charge in [-0.3, -0.25) is 14.9 Å². The molecule has 0 radical (unpaired) electrons. The monoisotopic (exact) mass is 235 g/mol. The number of non-ortho nitro benzene ring substituents is 1. The summed E-state index contributed by atoms with van der Waals surface area (Å²) in [6.45, 7) is 0. The van der Waals surface area contributed by atoms with Gasteiger partial charge in [0.2, 0.25) is 0 Å². The molecule has 1 aromatic carbocycles. The highest BCUT2D eigenvalue weighted by Crippen LogP contribution is 2.19. The Bertz CT molecular complexity index is 594. The molecule has 0 aliphatic rings. The van der Waals surface area contributed by atoms with Gasteiger partial charge < -0.3 is 4.57 Å². The number of rotatable bonds is 3. The van der Waals surface area contributed by atoms with Crippen molar-refractivity contribution < 1.29 is 14.1 Å². The third-order valence-electron chi connectivity index (χ3n) is 2.14. The van der Waals surface area contributed by atoms with E-state index in [0.29, 0.717) is 6.29 Å². The van der Waals surface area contributed by atoms with Crippen LogP contribution < -0.4 is 0 Å². The second-order valence-electron chi connectivity index (χ2n) is 3.22. The molecule has 2 aromatic rings. The summed E-state index contributed by atoms with van der Waals surface area (Å²) in [4.78, 5) is 23.9. The standard InChI is InChI=1S/C10H6FN3O3/c11-9-3-8(14(16)17)1-2-10(9)13-4-7(5-15)12-6-13/h1-6H. The van der Waals surface area contributed by atoms with E-state index in [1.165, 1.54) is 29.2 Å². The molecule has 0 aliphatic carbocycles. The Morgan fingerprint density at radius 1 is 1.47 bits per heavy atom. The quantitative estimate of drug-likeness (QED) is 0.461. The van der Waals surface area contributed by atoms with Crippen molar-refractivity contribution in [3.63, 3.8) is 0 Å². The van der Waals surface area contributed by atoms with Crippen LogP contribution in [0.3, 0.4) is 0 Å². The largest absolute Gasteiger partial charge is 0.303 e. The Morgan fingerprint density at radius 2 is 2.24 bits per heavy atom. The maximum absolute atomic E-state index is 13.6. The SMILES string of the molecule is O=Cc1cn(-c2ccc([N+](=O)[O-])cc2F)cn1. The molecule has 1 aromatic heterocycles.